The highest BCUT2D eigenvalue weighted by atomic mass is 16.5. The Morgan fingerprint density at radius 2 is 2.11 bits per heavy atom. The lowest BCUT2D eigenvalue weighted by molar-refractivity contribution is -0.119. The van der Waals surface area contributed by atoms with Crippen molar-refractivity contribution in [2.45, 2.75) is 19.4 Å². The number of carboxylic acid groups (broad SMARTS) is 1. The van der Waals surface area contributed by atoms with E-state index in [0.717, 1.165) is 0 Å². The summed E-state index contributed by atoms with van der Waals surface area (Å²) in [5.74, 6) is -1.45. The predicted octanol–water partition coefficient (Wildman–Crippen LogP) is 1.75. The quantitative estimate of drug-likeness (QED) is 0.855. The maximum absolute atomic E-state index is 12.0. The van der Waals surface area contributed by atoms with Gasteiger partial charge in [-0.15, -0.1) is 0 Å². The highest BCUT2D eigenvalue weighted by Gasteiger charge is 2.28. The number of para-hydroxylation sites is 1. The summed E-state index contributed by atoms with van der Waals surface area (Å²) in [5, 5.41) is 11.7. The molecule has 1 amide bonds. The fourth-order valence-electron chi connectivity index (χ4n) is 2.01. The zero-order valence-electron chi connectivity index (χ0n) is 10.1. The number of carbonyl (C=O) groups excluding carboxylic acids is 1. The van der Waals surface area contributed by atoms with E-state index in [9.17, 15) is 9.59 Å². The van der Waals surface area contributed by atoms with Gasteiger partial charge in [0.1, 0.15) is 0 Å². The minimum absolute atomic E-state index is 0.0791. The van der Waals surface area contributed by atoms with Crippen molar-refractivity contribution in [3.05, 3.63) is 29.8 Å². The van der Waals surface area contributed by atoms with Crippen molar-refractivity contribution < 1.29 is 19.4 Å². The Balaban J connectivity index is 2.09. The van der Waals surface area contributed by atoms with Crippen LogP contribution in [0.25, 0.3) is 0 Å². The van der Waals surface area contributed by atoms with Crippen LogP contribution in [0.15, 0.2) is 24.3 Å². The molecule has 0 aliphatic carbocycles. The summed E-state index contributed by atoms with van der Waals surface area (Å²) in [6, 6.07) is 6.36. The SMILES string of the molecule is CC1CC(C(=O)Nc2ccccc2C(=O)O)CO1. The maximum atomic E-state index is 12.0. The van der Waals surface area contributed by atoms with Gasteiger partial charge in [0.15, 0.2) is 0 Å². The third-order valence-electron chi connectivity index (χ3n) is 2.98. The summed E-state index contributed by atoms with van der Waals surface area (Å²) in [6.45, 7) is 2.31. The summed E-state index contributed by atoms with van der Waals surface area (Å²) in [4.78, 5) is 23.0. The fourth-order valence-corrected chi connectivity index (χ4v) is 2.01. The molecule has 2 rings (SSSR count). The molecule has 96 valence electrons. The first-order chi connectivity index (χ1) is 8.58. The van der Waals surface area contributed by atoms with Crippen LogP contribution in [0.2, 0.25) is 0 Å². The topological polar surface area (TPSA) is 75.6 Å². The first-order valence-electron chi connectivity index (χ1n) is 5.82. The van der Waals surface area contributed by atoms with Crippen LogP contribution in [0.4, 0.5) is 5.69 Å². The molecule has 1 aromatic rings. The number of carboxylic acids is 1. The van der Waals surface area contributed by atoms with Gasteiger partial charge in [-0.2, -0.15) is 0 Å². The van der Waals surface area contributed by atoms with E-state index in [1.807, 2.05) is 6.92 Å². The molecule has 0 aromatic heterocycles. The van der Waals surface area contributed by atoms with Crippen LogP contribution in [0.5, 0.6) is 0 Å². The molecule has 2 unspecified atom stereocenters. The Hall–Kier alpha value is -1.88. The summed E-state index contributed by atoms with van der Waals surface area (Å²) in [5.41, 5.74) is 0.423. The predicted molar refractivity (Wildman–Crippen MR) is 65.6 cm³/mol. The highest BCUT2D eigenvalue weighted by molar-refractivity contribution is 6.01. The molecule has 1 aromatic carbocycles. The third kappa shape index (κ3) is 2.68. The van der Waals surface area contributed by atoms with Gasteiger partial charge in [-0.1, -0.05) is 12.1 Å². The van der Waals surface area contributed by atoms with Crippen LogP contribution in [0, 0.1) is 5.92 Å². The van der Waals surface area contributed by atoms with E-state index < -0.39 is 5.97 Å². The van der Waals surface area contributed by atoms with Crippen LogP contribution in [-0.2, 0) is 9.53 Å². The van der Waals surface area contributed by atoms with Crippen LogP contribution in [0.1, 0.15) is 23.7 Å². The van der Waals surface area contributed by atoms with Gasteiger partial charge < -0.3 is 15.2 Å². The smallest absolute Gasteiger partial charge is 0.337 e. The zero-order valence-corrected chi connectivity index (χ0v) is 10.1. The largest absolute Gasteiger partial charge is 0.478 e. The Morgan fingerprint density at radius 3 is 2.72 bits per heavy atom. The van der Waals surface area contributed by atoms with E-state index in [1.54, 1.807) is 18.2 Å². The fraction of sp³-hybridized carbons (Fsp3) is 0.385. The van der Waals surface area contributed by atoms with Crippen molar-refractivity contribution in [3.63, 3.8) is 0 Å². The number of nitrogens with one attached hydrogen (secondary N) is 1. The van der Waals surface area contributed by atoms with Crippen molar-refractivity contribution in [2.24, 2.45) is 5.92 Å². The van der Waals surface area contributed by atoms with Gasteiger partial charge >= 0.3 is 5.97 Å². The Morgan fingerprint density at radius 1 is 1.39 bits per heavy atom. The van der Waals surface area contributed by atoms with Crippen LogP contribution in [0.3, 0.4) is 0 Å². The molecular weight excluding hydrogens is 234 g/mol. The molecule has 0 spiro atoms. The second kappa shape index (κ2) is 5.18. The molecule has 1 aliphatic rings. The second-order valence-electron chi connectivity index (χ2n) is 4.42. The minimum atomic E-state index is -1.05. The number of amides is 1. The number of anilines is 1. The van der Waals surface area contributed by atoms with E-state index in [-0.39, 0.29) is 23.5 Å². The standard InChI is InChI=1S/C13H15NO4/c1-8-6-9(7-18-8)12(15)14-11-5-3-2-4-10(11)13(16)17/h2-5,8-9H,6-7H2,1H3,(H,14,15)(H,16,17). The number of aromatic carboxylic acids is 1. The molecule has 2 N–H and O–H groups in total. The third-order valence-corrected chi connectivity index (χ3v) is 2.98. The molecule has 0 radical (unpaired) electrons. The zero-order chi connectivity index (χ0) is 13.1. The van der Waals surface area contributed by atoms with Crippen molar-refractivity contribution in [3.8, 4) is 0 Å². The molecule has 1 fully saturated rings. The van der Waals surface area contributed by atoms with Crippen molar-refractivity contribution >= 4 is 17.6 Å². The summed E-state index contributed by atoms with van der Waals surface area (Å²) >= 11 is 0. The lowest BCUT2D eigenvalue weighted by atomic mass is 10.0. The minimum Gasteiger partial charge on any atom is -0.478 e. The molecule has 18 heavy (non-hydrogen) atoms. The van der Waals surface area contributed by atoms with Crippen LogP contribution < -0.4 is 5.32 Å². The molecule has 5 heteroatoms. The van der Waals surface area contributed by atoms with Gasteiger partial charge in [0.2, 0.25) is 5.91 Å². The summed E-state index contributed by atoms with van der Waals surface area (Å²) in [7, 11) is 0. The van der Waals surface area contributed by atoms with E-state index in [4.69, 9.17) is 9.84 Å². The Labute approximate surface area is 105 Å². The lowest BCUT2D eigenvalue weighted by Crippen LogP contribution is -2.24. The van der Waals surface area contributed by atoms with E-state index >= 15 is 0 Å². The van der Waals surface area contributed by atoms with Gasteiger partial charge in [0, 0.05) is 0 Å². The number of hydrogen-bond donors (Lipinski definition) is 2. The highest BCUT2D eigenvalue weighted by Crippen LogP contribution is 2.22. The van der Waals surface area contributed by atoms with Gasteiger partial charge in [-0.3, -0.25) is 4.79 Å². The lowest BCUT2D eigenvalue weighted by Gasteiger charge is -2.11. The average Bonchev–Trinajstić information content (AvgIpc) is 2.76. The van der Waals surface area contributed by atoms with E-state index in [0.29, 0.717) is 18.7 Å². The molecule has 1 saturated heterocycles. The van der Waals surface area contributed by atoms with Gasteiger partial charge in [-0.05, 0) is 25.5 Å². The van der Waals surface area contributed by atoms with E-state index in [2.05, 4.69) is 5.32 Å². The van der Waals surface area contributed by atoms with Gasteiger partial charge in [0.25, 0.3) is 0 Å². The number of benzene rings is 1. The van der Waals surface area contributed by atoms with Crippen molar-refractivity contribution in [2.75, 3.05) is 11.9 Å². The van der Waals surface area contributed by atoms with E-state index in [1.165, 1.54) is 6.07 Å². The monoisotopic (exact) mass is 249 g/mol. The maximum Gasteiger partial charge on any atom is 0.337 e. The molecule has 1 heterocycles. The number of rotatable bonds is 3. The normalized spacial score (nSPS) is 22.7. The van der Waals surface area contributed by atoms with Crippen molar-refractivity contribution in [1.29, 1.82) is 0 Å². The number of ether oxygens (including phenoxy) is 1. The summed E-state index contributed by atoms with van der Waals surface area (Å²) < 4.78 is 5.32. The molecule has 5 nitrogen and oxygen atoms in total. The van der Waals surface area contributed by atoms with Crippen molar-refractivity contribution in [1.82, 2.24) is 0 Å². The molecule has 0 bridgehead atoms. The number of carbonyl (C=O) groups is 2. The molecule has 2 atom stereocenters. The Bertz CT molecular complexity index is 472. The van der Waals surface area contributed by atoms with Gasteiger partial charge in [0.05, 0.1) is 29.9 Å². The molecular formula is C13H15NO4. The van der Waals surface area contributed by atoms with Gasteiger partial charge in [-0.25, -0.2) is 4.79 Å². The first-order valence-corrected chi connectivity index (χ1v) is 5.82. The average molecular weight is 249 g/mol. The molecule has 1 aliphatic heterocycles. The summed E-state index contributed by atoms with van der Waals surface area (Å²) in [6.07, 6.45) is 0.747. The molecule has 0 saturated carbocycles. The van der Waals surface area contributed by atoms with Crippen LogP contribution in [-0.4, -0.2) is 29.7 Å². The van der Waals surface area contributed by atoms with Crippen LogP contribution >= 0.6 is 0 Å². The second-order valence-corrected chi connectivity index (χ2v) is 4.42. The Kier molecular flexibility index (Phi) is 3.62. The number of hydrogen-bond acceptors (Lipinski definition) is 3. The first kappa shape index (κ1) is 12.6.